The van der Waals surface area contributed by atoms with E-state index in [0.29, 0.717) is 12.6 Å². The third-order valence-electron chi connectivity index (χ3n) is 3.41. The minimum atomic E-state index is -0.142. The van der Waals surface area contributed by atoms with Gasteiger partial charge in [0.25, 0.3) is 0 Å². The van der Waals surface area contributed by atoms with Crippen molar-refractivity contribution in [3.05, 3.63) is 59.7 Å². The predicted molar refractivity (Wildman–Crippen MR) is 76.6 cm³/mol. The zero-order chi connectivity index (χ0) is 13.7. The van der Waals surface area contributed by atoms with E-state index in [2.05, 4.69) is 24.5 Å². The fraction of sp³-hybridized carbons (Fsp3) is 0.375. The van der Waals surface area contributed by atoms with Gasteiger partial charge in [0.15, 0.2) is 0 Å². The van der Waals surface area contributed by atoms with Gasteiger partial charge in [-0.3, -0.25) is 0 Å². The molecule has 0 saturated carbocycles. The first-order valence-corrected chi connectivity index (χ1v) is 6.81. The van der Waals surface area contributed by atoms with Crippen LogP contribution in [0.4, 0.5) is 4.39 Å². The Bertz CT molecular complexity index is 519. The second-order valence-corrected chi connectivity index (χ2v) is 4.84. The maximum absolute atomic E-state index is 13.6. The molecule has 102 valence electrons. The molecule has 1 heterocycles. The number of halogens is 1. The highest BCUT2D eigenvalue weighted by Gasteiger charge is 2.10. The van der Waals surface area contributed by atoms with Crippen molar-refractivity contribution >= 4 is 0 Å². The van der Waals surface area contributed by atoms with E-state index in [1.54, 1.807) is 6.07 Å². The van der Waals surface area contributed by atoms with E-state index >= 15 is 0 Å². The van der Waals surface area contributed by atoms with Gasteiger partial charge in [-0.2, -0.15) is 0 Å². The summed E-state index contributed by atoms with van der Waals surface area (Å²) in [7, 11) is 1.98. The highest BCUT2D eigenvalue weighted by atomic mass is 19.1. The molecule has 0 amide bonds. The molecule has 1 N–H and O–H groups in total. The average Bonchev–Trinajstić information content (AvgIpc) is 2.87. The number of benzene rings is 1. The summed E-state index contributed by atoms with van der Waals surface area (Å²) in [4.78, 5) is 0. The second kappa shape index (κ2) is 6.53. The molecule has 0 aliphatic carbocycles. The lowest BCUT2D eigenvalue weighted by Gasteiger charge is -2.13. The molecule has 0 fully saturated rings. The second-order valence-electron chi connectivity index (χ2n) is 4.84. The molecular weight excluding hydrogens is 239 g/mol. The summed E-state index contributed by atoms with van der Waals surface area (Å²) in [6.45, 7) is 2.76. The molecule has 2 nitrogen and oxygen atoms in total. The maximum atomic E-state index is 13.6. The van der Waals surface area contributed by atoms with E-state index in [1.165, 1.54) is 11.6 Å². The Morgan fingerprint density at radius 2 is 2.05 bits per heavy atom. The molecule has 3 heteroatoms. The smallest absolute Gasteiger partial charge is 0.128 e. The molecule has 0 aliphatic heterocycles. The largest absolute Gasteiger partial charge is 0.349 e. The fourth-order valence-corrected chi connectivity index (χ4v) is 2.35. The van der Waals surface area contributed by atoms with Crippen LogP contribution in [-0.4, -0.2) is 11.6 Å². The van der Waals surface area contributed by atoms with Crippen molar-refractivity contribution in [2.24, 2.45) is 0 Å². The van der Waals surface area contributed by atoms with Crippen molar-refractivity contribution in [3.8, 4) is 0 Å². The molecule has 2 aromatic rings. The molecule has 2 rings (SSSR count). The minimum absolute atomic E-state index is 0.142. The number of nitrogens with zero attached hydrogens (tertiary/aromatic N) is 1. The molecule has 1 aromatic carbocycles. The van der Waals surface area contributed by atoms with Gasteiger partial charge in [0.1, 0.15) is 5.82 Å². The van der Waals surface area contributed by atoms with Crippen LogP contribution in [0.5, 0.6) is 0 Å². The third-order valence-corrected chi connectivity index (χ3v) is 3.41. The zero-order valence-corrected chi connectivity index (χ0v) is 11.6. The minimum Gasteiger partial charge on any atom is -0.349 e. The highest BCUT2D eigenvalue weighted by molar-refractivity contribution is 5.20. The van der Waals surface area contributed by atoms with Gasteiger partial charge in [-0.15, -0.1) is 0 Å². The monoisotopic (exact) mass is 260 g/mol. The molecular formula is C16H21FN2. The molecule has 19 heavy (non-hydrogen) atoms. The first-order chi connectivity index (χ1) is 9.24. The van der Waals surface area contributed by atoms with Gasteiger partial charge < -0.3 is 9.88 Å². The molecule has 0 spiro atoms. The van der Waals surface area contributed by atoms with Crippen molar-refractivity contribution < 1.29 is 4.39 Å². The van der Waals surface area contributed by atoms with Crippen LogP contribution in [0.2, 0.25) is 0 Å². The first-order valence-electron chi connectivity index (χ1n) is 6.81. The number of hydrogen-bond acceptors (Lipinski definition) is 1. The van der Waals surface area contributed by atoms with E-state index < -0.39 is 0 Å². The van der Waals surface area contributed by atoms with Crippen molar-refractivity contribution in [3.63, 3.8) is 0 Å². The SMILES string of the molecule is CCCC(NC)c1ccn(Cc2ccccc2F)c1. The lowest BCUT2D eigenvalue weighted by atomic mass is 10.1. The van der Waals surface area contributed by atoms with E-state index in [1.807, 2.05) is 29.9 Å². The van der Waals surface area contributed by atoms with Crippen LogP contribution < -0.4 is 5.32 Å². The molecule has 0 radical (unpaired) electrons. The van der Waals surface area contributed by atoms with Gasteiger partial charge in [0, 0.05) is 30.5 Å². The van der Waals surface area contributed by atoms with E-state index in [9.17, 15) is 4.39 Å². The normalized spacial score (nSPS) is 12.6. The van der Waals surface area contributed by atoms with Gasteiger partial charge in [0.2, 0.25) is 0 Å². The van der Waals surface area contributed by atoms with E-state index in [0.717, 1.165) is 18.4 Å². The maximum Gasteiger partial charge on any atom is 0.128 e. The van der Waals surface area contributed by atoms with Crippen molar-refractivity contribution in [2.75, 3.05) is 7.05 Å². The summed E-state index contributed by atoms with van der Waals surface area (Å²) in [6.07, 6.45) is 6.37. The Morgan fingerprint density at radius 1 is 1.26 bits per heavy atom. The van der Waals surface area contributed by atoms with Crippen LogP contribution in [0.15, 0.2) is 42.7 Å². The van der Waals surface area contributed by atoms with Gasteiger partial charge in [-0.05, 0) is 31.2 Å². The molecule has 1 aromatic heterocycles. The number of nitrogens with one attached hydrogen (secondary N) is 1. The van der Waals surface area contributed by atoms with Crippen molar-refractivity contribution in [2.45, 2.75) is 32.4 Å². The van der Waals surface area contributed by atoms with Crippen LogP contribution in [0, 0.1) is 5.82 Å². The lowest BCUT2D eigenvalue weighted by Crippen LogP contribution is -2.15. The summed E-state index contributed by atoms with van der Waals surface area (Å²) in [5.41, 5.74) is 1.99. The third kappa shape index (κ3) is 3.44. The zero-order valence-electron chi connectivity index (χ0n) is 11.6. The van der Waals surface area contributed by atoms with Crippen LogP contribution in [-0.2, 0) is 6.54 Å². The number of rotatable bonds is 6. The standard InChI is InChI=1S/C16H21FN2/c1-3-6-16(18-2)14-9-10-19(12-14)11-13-7-4-5-8-15(13)17/h4-5,7-10,12,16,18H,3,6,11H2,1-2H3. The van der Waals surface area contributed by atoms with Gasteiger partial charge in [-0.1, -0.05) is 31.5 Å². The Hall–Kier alpha value is -1.61. The predicted octanol–water partition coefficient (Wildman–Crippen LogP) is 3.74. The van der Waals surface area contributed by atoms with Gasteiger partial charge in [-0.25, -0.2) is 4.39 Å². The molecule has 0 aliphatic rings. The topological polar surface area (TPSA) is 17.0 Å². The van der Waals surface area contributed by atoms with Crippen LogP contribution in [0.25, 0.3) is 0 Å². The number of aromatic nitrogens is 1. The summed E-state index contributed by atoms with van der Waals surface area (Å²) < 4.78 is 15.6. The highest BCUT2D eigenvalue weighted by Crippen LogP contribution is 2.19. The molecule has 0 bridgehead atoms. The Morgan fingerprint density at radius 3 is 2.74 bits per heavy atom. The van der Waals surface area contributed by atoms with Crippen LogP contribution in [0.3, 0.4) is 0 Å². The van der Waals surface area contributed by atoms with Crippen LogP contribution >= 0.6 is 0 Å². The summed E-state index contributed by atoms with van der Waals surface area (Å²) in [6, 6.07) is 9.42. The Labute approximate surface area is 114 Å². The van der Waals surface area contributed by atoms with E-state index in [4.69, 9.17) is 0 Å². The summed E-state index contributed by atoms with van der Waals surface area (Å²) in [5.74, 6) is -0.142. The van der Waals surface area contributed by atoms with Gasteiger partial charge >= 0.3 is 0 Å². The fourth-order valence-electron chi connectivity index (χ4n) is 2.35. The summed E-state index contributed by atoms with van der Waals surface area (Å²) in [5, 5.41) is 3.32. The quantitative estimate of drug-likeness (QED) is 0.837. The van der Waals surface area contributed by atoms with Crippen molar-refractivity contribution in [1.29, 1.82) is 0 Å². The Balaban J connectivity index is 2.11. The van der Waals surface area contributed by atoms with E-state index in [-0.39, 0.29) is 5.82 Å². The molecule has 1 atom stereocenters. The van der Waals surface area contributed by atoms with Gasteiger partial charge in [0.05, 0.1) is 0 Å². The van der Waals surface area contributed by atoms with Crippen molar-refractivity contribution in [1.82, 2.24) is 9.88 Å². The summed E-state index contributed by atoms with van der Waals surface area (Å²) >= 11 is 0. The molecule has 0 saturated heterocycles. The van der Waals surface area contributed by atoms with Crippen LogP contribution in [0.1, 0.15) is 36.9 Å². The molecule has 1 unspecified atom stereocenters. The average molecular weight is 260 g/mol. The Kier molecular flexibility index (Phi) is 4.74. The lowest BCUT2D eigenvalue weighted by molar-refractivity contribution is 0.540. The number of hydrogen-bond donors (Lipinski definition) is 1. The first kappa shape index (κ1) is 13.8.